The van der Waals surface area contributed by atoms with Gasteiger partial charge in [-0.15, -0.1) is 12.6 Å². The summed E-state index contributed by atoms with van der Waals surface area (Å²) in [7, 11) is 0. The molecule has 3 nitrogen and oxygen atoms in total. The minimum absolute atomic E-state index is 0.472. The second-order valence-corrected chi connectivity index (χ2v) is 1.92. The Bertz CT molecular complexity index is 87.4. The first-order valence-electron chi connectivity index (χ1n) is 2.22. The molecule has 54 valence electrons. The van der Waals surface area contributed by atoms with Gasteiger partial charge in [0.05, 0.1) is 5.44 Å². The van der Waals surface area contributed by atoms with Crippen molar-refractivity contribution in [3.8, 4) is 0 Å². The van der Waals surface area contributed by atoms with E-state index in [0.717, 1.165) is 6.08 Å². The van der Waals surface area contributed by atoms with Crippen LogP contribution >= 0.6 is 12.6 Å². The van der Waals surface area contributed by atoms with E-state index in [0.29, 0.717) is 0 Å². The molecular formula is C5H10O3S. The third-order valence-electron chi connectivity index (χ3n) is 0.175. The maximum atomic E-state index is 9.25. The summed E-state index contributed by atoms with van der Waals surface area (Å²) in [6, 6.07) is 0. The van der Waals surface area contributed by atoms with Gasteiger partial charge in [-0.25, -0.2) is 4.79 Å². The number of carbonyl (C=O) groups is 1. The molecule has 0 saturated heterocycles. The van der Waals surface area contributed by atoms with Gasteiger partial charge < -0.3 is 10.2 Å². The summed E-state index contributed by atoms with van der Waals surface area (Å²) in [5.74, 6) is -0.981. The first-order valence-corrected chi connectivity index (χ1v) is 2.73. The van der Waals surface area contributed by atoms with Crippen LogP contribution in [0, 0.1) is 0 Å². The molecule has 0 amide bonds. The average molecular weight is 150 g/mol. The van der Waals surface area contributed by atoms with Crippen LogP contribution in [0.5, 0.6) is 0 Å². The molecule has 0 aliphatic rings. The number of rotatable bonds is 1. The van der Waals surface area contributed by atoms with Crippen molar-refractivity contribution in [1.82, 2.24) is 0 Å². The molecule has 0 rings (SSSR count). The molecule has 0 aromatic rings. The zero-order valence-electron chi connectivity index (χ0n) is 5.11. The Morgan fingerprint density at radius 3 is 2.00 bits per heavy atom. The number of aliphatic hydroxyl groups is 1. The van der Waals surface area contributed by atoms with Gasteiger partial charge in [0.15, 0.2) is 0 Å². The monoisotopic (exact) mass is 150 g/mol. The molecule has 0 radical (unpaired) electrons. The quantitative estimate of drug-likeness (QED) is 0.290. The number of aliphatic carboxylic acids is 1. The fourth-order valence-corrected chi connectivity index (χ4v) is 0. The largest absolute Gasteiger partial charge is 0.478 e. The molecule has 0 fully saturated rings. The predicted molar refractivity (Wildman–Crippen MR) is 38.5 cm³/mol. The van der Waals surface area contributed by atoms with Crippen molar-refractivity contribution < 1.29 is 15.0 Å². The average Bonchev–Trinajstić information content (AvgIpc) is 1.65. The SMILES string of the molecule is C=CC(=O)O.CC(O)S. The summed E-state index contributed by atoms with van der Waals surface area (Å²) >= 11 is 3.52. The van der Waals surface area contributed by atoms with Crippen molar-refractivity contribution in [2.75, 3.05) is 0 Å². The van der Waals surface area contributed by atoms with Gasteiger partial charge in [-0.1, -0.05) is 6.58 Å². The molecular weight excluding hydrogens is 140 g/mol. The highest BCUT2D eigenvalue weighted by atomic mass is 32.1. The Morgan fingerprint density at radius 1 is 1.89 bits per heavy atom. The third kappa shape index (κ3) is 99.2. The summed E-state index contributed by atoms with van der Waals surface area (Å²) in [5, 5.41) is 15.5. The fourth-order valence-electron chi connectivity index (χ4n) is 0. The standard InChI is InChI=1S/C3H4O2.C2H6OS/c1-2-3(4)5;1-2(3)4/h2H,1H2,(H,4,5);2-4H,1H3. The molecule has 1 unspecified atom stereocenters. The second kappa shape index (κ2) is 7.52. The van der Waals surface area contributed by atoms with Crippen LogP contribution in [-0.2, 0) is 4.79 Å². The van der Waals surface area contributed by atoms with Gasteiger partial charge >= 0.3 is 5.97 Å². The van der Waals surface area contributed by atoms with Gasteiger partial charge in [0.25, 0.3) is 0 Å². The van der Waals surface area contributed by atoms with E-state index in [1.165, 1.54) is 0 Å². The molecule has 0 aromatic carbocycles. The molecule has 0 spiro atoms. The Kier molecular flexibility index (Phi) is 9.47. The lowest BCUT2D eigenvalue weighted by Crippen LogP contribution is -1.82. The van der Waals surface area contributed by atoms with Crippen molar-refractivity contribution in [1.29, 1.82) is 0 Å². The van der Waals surface area contributed by atoms with Crippen molar-refractivity contribution in [2.45, 2.75) is 12.4 Å². The van der Waals surface area contributed by atoms with E-state index in [1.807, 2.05) is 0 Å². The number of hydrogen-bond donors (Lipinski definition) is 3. The zero-order chi connectivity index (χ0) is 7.86. The molecule has 0 bridgehead atoms. The van der Waals surface area contributed by atoms with Crippen molar-refractivity contribution in [3.05, 3.63) is 12.7 Å². The third-order valence-corrected chi connectivity index (χ3v) is 0.175. The fraction of sp³-hybridized carbons (Fsp3) is 0.400. The van der Waals surface area contributed by atoms with Crippen molar-refractivity contribution in [3.63, 3.8) is 0 Å². The van der Waals surface area contributed by atoms with E-state index in [4.69, 9.17) is 10.2 Å². The lowest BCUT2D eigenvalue weighted by atomic mass is 10.7. The van der Waals surface area contributed by atoms with E-state index in [9.17, 15) is 4.79 Å². The number of carboxylic acids is 1. The molecule has 1 atom stereocenters. The second-order valence-electron chi connectivity index (χ2n) is 1.17. The molecule has 9 heavy (non-hydrogen) atoms. The van der Waals surface area contributed by atoms with Gasteiger partial charge in [-0.3, -0.25) is 0 Å². The van der Waals surface area contributed by atoms with Crippen LogP contribution in [0.2, 0.25) is 0 Å². The van der Waals surface area contributed by atoms with E-state index in [-0.39, 0.29) is 0 Å². The van der Waals surface area contributed by atoms with Crippen LogP contribution in [0.4, 0.5) is 0 Å². The molecule has 0 aliphatic heterocycles. The first kappa shape index (κ1) is 11.3. The normalized spacial score (nSPS) is 10.6. The zero-order valence-corrected chi connectivity index (χ0v) is 6.01. The summed E-state index contributed by atoms with van der Waals surface area (Å²) in [6.45, 7) is 4.55. The van der Waals surface area contributed by atoms with E-state index < -0.39 is 11.4 Å². The van der Waals surface area contributed by atoms with Gasteiger partial charge in [-0.05, 0) is 6.92 Å². The summed E-state index contributed by atoms with van der Waals surface area (Å²) < 4.78 is 0. The number of carboxylic acid groups (broad SMARTS) is 1. The highest BCUT2D eigenvalue weighted by Crippen LogP contribution is 1.78. The van der Waals surface area contributed by atoms with Crippen molar-refractivity contribution in [2.24, 2.45) is 0 Å². The van der Waals surface area contributed by atoms with Gasteiger partial charge in [0.1, 0.15) is 0 Å². The summed E-state index contributed by atoms with van der Waals surface area (Å²) in [6.07, 6.45) is 0.833. The number of hydrogen-bond acceptors (Lipinski definition) is 3. The molecule has 0 aromatic heterocycles. The minimum Gasteiger partial charge on any atom is -0.478 e. The maximum Gasteiger partial charge on any atom is 0.327 e. The van der Waals surface area contributed by atoms with E-state index in [1.54, 1.807) is 6.92 Å². The van der Waals surface area contributed by atoms with Crippen LogP contribution in [0.3, 0.4) is 0 Å². The molecule has 4 heteroatoms. The first-order chi connectivity index (χ1) is 4.00. The lowest BCUT2D eigenvalue weighted by molar-refractivity contribution is -0.131. The molecule has 0 aliphatic carbocycles. The minimum atomic E-state index is -0.981. The van der Waals surface area contributed by atoms with Crippen LogP contribution < -0.4 is 0 Å². The maximum absolute atomic E-state index is 9.25. The Morgan fingerprint density at radius 2 is 2.00 bits per heavy atom. The van der Waals surface area contributed by atoms with E-state index >= 15 is 0 Å². The van der Waals surface area contributed by atoms with Gasteiger partial charge in [0, 0.05) is 6.08 Å². The van der Waals surface area contributed by atoms with Gasteiger partial charge in [0.2, 0.25) is 0 Å². The smallest absolute Gasteiger partial charge is 0.327 e. The highest BCUT2D eigenvalue weighted by molar-refractivity contribution is 7.80. The topological polar surface area (TPSA) is 57.5 Å². The van der Waals surface area contributed by atoms with Crippen LogP contribution in [0.15, 0.2) is 12.7 Å². The lowest BCUT2D eigenvalue weighted by Gasteiger charge is -1.79. The molecule has 2 N–H and O–H groups in total. The molecule has 0 saturated carbocycles. The van der Waals surface area contributed by atoms with Gasteiger partial charge in [-0.2, -0.15) is 0 Å². The molecule has 0 heterocycles. The van der Waals surface area contributed by atoms with Crippen LogP contribution in [-0.4, -0.2) is 21.6 Å². The van der Waals surface area contributed by atoms with Crippen molar-refractivity contribution >= 4 is 18.6 Å². The Hall–Kier alpha value is -0.480. The summed E-state index contributed by atoms with van der Waals surface area (Å²) in [5.41, 5.74) is -0.472. The Labute approximate surface area is 59.4 Å². The van der Waals surface area contributed by atoms with E-state index in [2.05, 4.69) is 19.2 Å². The highest BCUT2D eigenvalue weighted by Gasteiger charge is 1.73. The number of aliphatic hydroxyl groups excluding tert-OH is 1. The summed E-state index contributed by atoms with van der Waals surface area (Å²) in [4.78, 5) is 9.25. The predicted octanol–water partition coefficient (Wildman–Crippen LogP) is 0.511. The number of thiol groups is 1. The van der Waals surface area contributed by atoms with Crippen LogP contribution in [0.25, 0.3) is 0 Å². The Balaban J connectivity index is 0. The van der Waals surface area contributed by atoms with Crippen LogP contribution in [0.1, 0.15) is 6.92 Å².